The minimum absolute atomic E-state index is 0.0576. The number of likely N-dealkylation sites (tertiary alicyclic amines) is 2. The molecule has 0 bridgehead atoms. The zero-order chi connectivity index (χ0) is 22.6. The standard InChI is InChI=1S/C27H31N3O2S/c31-25(11-10-20-6-2-1-3-7-20)29-16-14-22(15-17-29)27(32)30-18-12-21(13-19-30)26-28-23-8-4-5-9-24(23)33-26/h1-9,21-22H,10-19H2. The number of fused-ring (bicyclic) bond motifs is 1. The molecule has 2 saturated heterocycles. The van der Waals surface area contributed by atoms with Gasteiger partial charge in [-0.25, -0.2) is 4.98 Å². The topological polar surface area (TPSA) is 53.5 Å². The molecule has 0 aliphatic carbocycles. The molecule has 0 unspecified atom stereocenters. The molecule has 0 radical (unpaired) electrons. The quantitative estimate of drug-likeness (QED) is 0.545. The average molecular weight is 462 g/mol. The largest absolute Gasteiger partial charge is 0.343 e. The molecule has 5 nitrogen and oxygen atoms in total. The van der Waals surface area contributed by atoms with Gasteiger partial charge in [0.2, 0.25) is 11.8 Å². The van der Waals surface area contributed by atoms with E-state index in [9.17, 15) is 9.59 Å². The van der Waals surface area contributed by atoms with Crippen molar-refractivity contribution in [3.8, 4) is 0 Å². The Bertz CT molecular complexity index is 1060. The molecular weight excluding hydrogens is 430 g/mol. The van der Waals surface area contributed by atoms with Gasteiger partial charge in [0.15, 0.2) is 0 Å². The number of hydrogen-bond acceptors (Lipinski definition) is 4. The lowest BCUT2D eigenvalue weighted by atomic mass is 9.92. The van der Waals surface area contributed by atoms with E-state index in [2.05, 4.69) is 35.2 Å². The highest BCUT2D eigenvalue weighted by Gasteiger charge is 2.32. The fraction of sp³-hybridized carbons (Fsp3) is 0.444. The third-order valence-electron chi connectivity index (χ3n) is 7.13. The SMILES string of the molecule is O=C(CCc1ccccc1)N1CCC(C(=O)N2CCC(c3nc4ccccc4s3)CC2)CC1. The highest BCUT2D eigenvalue weighted by Crippen LogP contribution is 2.34. The molecule has 33 heavy (non-hydrogen) atoms. The van der Waals surface area contributed by atoms with E-state index in [-0.39, 0.29) is 17.7 Å². The molecule has 2 aromatic carbocycles. The number of thiazole rings is 1. The van der Waals surface area contributed by atoms with Crippen LogP contribution in [0, 0.1) is 5.92 Å². The Morgan fingerprint density at radius 1 is 0.848 bits per heavy atom. The summed E-state index contributed by atoms with van der Waals surface area (Å²) in [5.74, 6) is 1.01. The molecule has 1 aromatic heterocycles. The summed E-state index contributed by atoms with van der Waals surface area (Å²) >= 11 is 1.79. The van der Waals surface area contributed by atoms with Crippen molar-refractivity contribution in [2.75, 3.05) is 26.2 Å². The van der Waals surface area contributed by atoms with Crippen LogP contribution in [0.15, 0.2) is 54.6 Å². The number of aryl methyl sites for hydroxylation is 1. The molecular formula is C27H31N3O2S. The van der Waals surface area contributed by atoms with E-state index in [0.29, 0.717) is 25.4 Å². The molecule has 0 saturated carbocycles. The Kier molecular flexibility index (Phi) is 6.72. The van der Waals surface area contributed by atoms with Crippen LogP contribution in [-0.2, 0) is 16.0 Å². The highest BCUT2D eigenvalue weighted by molar-refractivity contribution is 7.18. The van der Waals surface area contributed by atoms with Gasteiger partial charge < -0.3 is 9.80 Å². The minimum atomic E-state index is 0.0576. The maximum absolute atomic E-state index is 13.1. The molecule has 2 fully saturated rings. The molecule has 0 N–H and O–H groups in total. The van der Waals surface area contributed by atoms with Crippen LogP contribution in [0.1, 0.15) is 48.6 Å². The van der Waals surface area contributed by atoms with Gasteiger partial charge in [-0.15, -0.1) is 11.3 Å². The van der Waals surface area contributed by atoms with Crippen molar-refractivity contribution < 1.29 is 9.59 Å². The summed E-state index contributed by atoms with van der Waals surface area (Å²) in [4.78, 5) is 34.6. The Balaban J connectivity index is 1.08. The van der Waals surface area contributed by atoms with Crippen molar-refractivity contribution in [2.45, 2.75) is 44.4 Å². The van der Waals surface area contributed by atoms with Gasteiger partial charge in [-0.3, -0.25) is 9.59 Å². The lowest BCUT2D eigenvalue weighted by Gasteiger charge is -2.37. The first-order valence-corrected chi connectivity index (χ1v) is 12.9. The van der Waals surface area contributed by atoms with Crippen LogP contribution in [0.3, 0.4) is 0 Å². The van der Waals surface area contributed by atoms with E-state index in [0.717, 1.165) is 50.7 Å². The first-order valence-electron chi connectivity index (χ1n) is 12.1. The first-order chi connectivity index (χ1) is 16.2. The van der Waals surface area contributed by atoms with Crippen LogP contribution in [-0.4, -0.2) is 52.8 Å². The molecule has 2 amide bonds. The van der Waals surface area contributed by atoms with Gasteiger partial charge in [0, 0.05) is 44.4 Å². The number of nitrogens with zero attached hydrogens (tertiary/aromatic N) is 3. The Morgan fingerprint density at radius 2 is 1.52 bits per heavy atom. The van der Waals surface area contributed by atoms with E-state index in [1.807, 2.05) is 29.2 Å². The van der Waals surface area contributed by atoms with Crippen molar-refractivity contribution in [3.05, 3.63) is 65.2 Å². The van der Waals surface area contributed by atoms with Crippen LogP contribution < -0.4 is 0 Å². The average Bonchev–Trinajstić information content (AvgIpc) is 3.32. The fourth-order valence-electron chi connectivity index (χ4n) is 5.10. The number of piperidine rings is 2. The van der Waals surface area contributed by atoms with Gasteiger partial charge in [0.1, 0.15) is 0 Å². The van der Waals surface area contributed by atoms with Gasteiger partial charge in [-0.05, 0) is 49.8 Å². The van der Waals surface area contributed by atoms with Crippen molar-refractivity contribution in [3.63, 3.8) is 0 Å². The summed E-state index contributed by atoms with van der Waals surface area (Å²) < 4.78 is 1.25. The van der Waals surface area contributed by atoms with E-state index in [1.54, 1.807) is 11.3 Å². The highest BCUT2D eigenvalue weighted by atomic mass is 32.1. The third kappa shape index (κ3) is 5.11. The molecule has 3 aromatic rings. The number of carbonyl (C=O) groups excluding carboxylic acids is 2. The van der Waals surface area contributed by atoms with E-state index < -0.39 is 0 Å². The molecule has 172 valence electrons. The predicted octanol–water partition coefficient (Wildman–Crippen LogP) is 4.87. The van der Waals surface area contributed by atoms with Gasteiger partial charge >= 0.3 is 0 Å². The summed E-state index contributed by atoms with van der Waals surface area (Å²) in [7, 11) is 0. The van der Waals surface area contributed by atoms with Gasteiger partial charge in [-0.2, -0.15) is 0 Å². The Morgan fingerprint density at radius 3 is 2.24 bits per heavy atom. The lowest BCUT2D eigenvalue weighted by Crippen LogP contribution is -2.46. The van der Waals surface area contributed by atoms with Crippen molar-refractivity contribution in [1.29, 1.82) is 0 Å². The van der Waals surface area contributed by atoms with Crippen molar-refractivity contribution in [2.24, 2.45) is 5.92 Å². The van der Waals surface area contributed by atoms with E-state index in [1.165, 1.54) is 15.3 Å². The van der Waals surface area contributed by atoms with Crippen LogP contribution in [0.2, 0.25) is 0 Å². The second-order valence-electron chi connectivity index (χ2n) is 9.26. The second kappa shape index (κ2) is 10.0. The molecule has 2 aliphatic rings. The molecule has 5 rings (SSSR count). The van der Waals surface area contributed by atoms with Crippen LogP contribution in [0.5, 0.6) is 0 Å². The van der Waals surface area contributed by atoms with Crippen molar-refractivity contribution in [1.82, 2.24) is 14.8 Å². The molecule has 0 atom stereocenters. The molecule has 2 aliphatic heterocycles. The monoisotopic (exact) mass is 461 g/mol. The molecule has 0 spiro atoms. The summed E-state index contributed by atoms with van der Waals surface area (Å²) in [5.41, 5.74) is 2.28. The number of hydrogen-bond donors (Lipinski definition) is 0. The number of rotatable bonds is 5. The lowest BCUT2D eigenvalue weighted by molar-refractivity contribution is -0.141. The maximum atomic E-state index is 13.1. The third-order valence-corrected chi connectivity index (χ3v) is 8.33. The zero-order valence-corrected chi connectivity index (χ0v) is 19.8. The smallest absolute Gasteiger partial charge is 0.225 e. The maximum Gasteiger partial charge on any atom is 0.225 e. The number of benzene rings is 2. The number of amides is 2. The number of aromatic nitrogens is 1. The second-order valence-corrected chi connectivity index (χ2v) is 10.3. The predicted molar refractivity (Wildman–Crippen MR) is 132 cm³/mol. The van der Waals surface area contributed by atoms with Crippen molar-refractivity contribution >= 4 is 33.4 Å². The van der Waals surface area contributed by atoms with Gasteiger partial charge in [-0.1, -0.05) is 42.5 Å². The normalized spacial score (nSPS) is 18.1. The zero-order valence-electron chi connectivity index (χ0n) is 19.0. The minimum Gasteiger partial charge on any atom is -0.343 e. The summed E-state index contributed by atoms with van der Waals surface area (Å²) in [5, 5.41) is 1.21. The number of para-hydroxylation sites is 1. The summed E-state index contributed by atoms with van der Waals surface area (Å²) in [6.07, 6.45) is 4.87. The van der Waals surface area contributed by atoms with Crippen LogP contribution in [0.4, 0.5) is 0 Å². The molecule has 3 heterocycles. The van der Waals surface area contributed by atoms with Crippen LogP contribution >= 0.6 is 11.3 Å². The first kappa shape index (κ1) is 22.1. The van der Waals surface area contributed by atoms with E-state index in [4.69, 9.17) is 4.98 Å². The number of carbonyl (C=O) groups is 2. The van der Waals surface area contributed by atoms with E-state index >= 15 is 0 Å². The van der Waals surface area contributed by atoms with Gasteiger partial charge in [0.25, 0.3) is 0 Å². The Hall–Kier alpha value is -2.73. The summed E-state index contributed by atoms with van der Waals surface area (Å²) in [6, 6.07) is 18.5. The van der Waals surface area contributed by atoms with Gasteiger partial charge in [0.05, 0.1) is 15.2 Å². The fourth-order valence-corrected chi connectivity index (χ4v) is 6.24. The Labute approximate surface area is 199 Å². The van der Waals surface area contributed by atoms with Crippen LogP contribution in [0.25, 0.3) is 10.2 Å². The molecule has 6 heteroatoms. The summed E-state index contributed by atoms with van der Waals surface area (Å²) in [6.45, 7) is 3.03.